The van der Waals surface area contributed by atoms with Gasteiger partial charge in [-0.3, -0.25) is 4.55 Å². The molecule has 0 saturated heterocycles. The molecule has 0 aliphatic rings. The molecule has 1 N–H and O–H groups in total. The topological polar surface area (TPSA) is 105 Å². The molecule has 0 radical (unpaired) electrons. The smallest absolute Gasteiger partial charge is 0.500 e. The monoisotopic (exact) mass is 473 g/mol. The SMILES string of the molecule is CCCCCCCCCCCC[N+](C)(C)CCC[Si](OC)(OC)OC.O=S(=O)([O-])O. The van der Waals surface area contributed by atoms with Gasteiger partial charge in [-0.2, -0.15) is 0 Å². The Morgan fingerprint density at radius 2 is 1.10 bits per heavy atom. The van der Waals surface area contributed by atoms with Gasteiger partial charge in [-0.05, 0) is 12.8 Å². The number of nitrogens with zero attached hydrogens (tertiary/aromatic N) is 1. The molecular weight excluding hydrogens is 426 g/mol. The van der Waals surface area contributed by atoms with Crippen LogP contribution in [0.3, 0.4) is 0 Å². The Balaban J connectivity index is 0. The third-order valence-corrected chi connectivity index (χ3v) is 8.13. The van der Waals surface area contributed by atoms with Gasteiger partial charge in [0.1, 0.15) is 0 Å². The average molecular weight is 474 g/mol. The van der Waals surface area contributed by atoms with Gasteiger partial charge in [0, 0.05) is 33.8 Å². The second-order valence-electron chi connectivity index (χ2n) is 8.39. The van der Waals surface area contributed by atoms with Crippen LogP contribution in [-0.2, 0) is 23.7 Å². The van der Waals surface area contributed by atoms with Crippen molar-refractivity contribution in [3.05, 3.63) is 0 Å². The van der Waals surface area contributed by atoms with Crippen molar-refractivity contribution in [3.8, 4) is 0 Å². The second kappa shape index (κ2) is 18.5. The number of hydrogen-bond donors (Lipinski definition) is 1. The first-order valence-electron chi connectivity index (χ1n) is 11.1. The molecule has 0 rings (SSSR count). The Morgan fingerprint density at radius 1 is 0.767 bits per heavy atom. The molecule has 0 unspecified atom stereocenters. The molecule has 0 bridgehead atoms. The molecular formula is C20H47NO7SSi. The van der Waals surface area contributed by atoms with Crippen LogP contribution in [0.1, 0.15) is 77.6 Å². The maximum Gasteiger partial charge on any atom is 0.500 e. The van der Waals surface area contributed by atoms with E-state index in [0.29, 0.717) is 0 Å². The maximum absolute atomic E-state index is 8.63. The highest BCUT2D eigenvalue weighted by Crippen LogP contribution is 2.17. The molecule has 0 heterocycles. The fourth-order valence-corrected chi connectivity index (χ4v) is 5.12. The van der Waals surface area contributed by atoms with Crippen LogP contribution in [0.4, 0.5) is 0 Å². The lowest BCUT2D eigenvalue weighted by Gasteiger charge is -2.31. The molecule has 0 aliphatic heterocycles. The van der Waals surface area contributed by atoms with E-state index in [2.05, 4.69) is 21.0 Å². The van der Waals surface area contributed by atoms with Crippen LogP contribution >= 0.6 is 0 Å². The molecule has 0 amide bonds. The van der Waals surface area contributed by atoms with Crippen molar-refractivity contribution in [1.82, 2.24) is 0 Å². The van der Waals surface area contributed by atoms with Crippen LogP contribution in [0.5, 0.6) is 0 Å². The molecule has 0 aromatic heterocycles. The summed E-state index contributed by atoms with van der Waals surface area (Å²) in [6, 6.07) is 0.899. The van der Waals surface area contributed by atoms with Crippen LogP contribution in [0.25, 0.3) is 0 Å². The fourth-order valence-electron chi connectivity index (χ4n) is 3.42. The summed E-state index contributed by atoms with van der Waals surface area (Å²) in [7, 11) is 2.46. The molecule has 0 aromatic rings. The van der Waals surface area contributed by atoms with Crippen molar-refractivity contribution in [2.75, 3.05) is 48.5 Å². The van der Waals surface area contributed by atoms with Crippen LogP contribution in [0.2, 0.25) is 6.04 Å². The van der Waals surface area contributed by atoms with Gasteiger partial charge in [0.05, 0.1) is 27.2 Å². The zero-order valence-corrected chi connectivity index (χ0v) is 22.0. The highest BCUT2D eigenvalue weighted by molar-refractivity contribution is 7.79. The van der Waals surface area contributed by atoms with Crippen molar-refractivity contribution < 1.29 is 35.3 Å². The zero-order valence-electron chi connectivity index (χ0n) is 20.2. The Morgan fingerprint density at radius 3 is 1.47 bits per heavy atom. The van der Waals surface area contributed by atoms with Crippen molar-refractivity contribution in [2.24, 2.45) is 0 Å². The number of hydrogen-bond acceptors (Lipinski definition) is 6. The summed E-state index contributed by atoms with van der Waals surface area (Å²) < 4.78 is 50.4. The van der Waals surface area contributed by atoms with Gasteiger partial charge < -0.3 is 22.3 Å². The quantitative estimate of drug-likeness (QED) is 0.104. The Bertz CT molecular complexity index is 469. The summed E-state index contributed by atoms with van der Waals surface area (Å²) in [4.78, 5) is 0. The van der Waals surface area contributed by atoms with E-state index in [1.807, 2.05) is 0 Å². The van der Waals surface area contributed by atoms with E-state index in [4.69, 9.17) is 30.8 Å². The summed E-state index contributed by atoms with van der Waals surface area (Å²) >= 11 is 0. The van der Waals surface area contributed by atoms with Crippen LogP contribution in [-0.4, -0.2) is 79.3 Å². The minimum absolute atomic E-state index is 0.899. The fraction of sp³-hybridized carbons (Fsp3) is 1.00. The van der Waals surface area contributed by atoms with E-state index in [0.717, 1.165) is 23.5 Å². The molecule has 30 heavy (non-hydrogen) atoms. The largest absolute Gasteiger partial charge is 0.726 e. The third kappa shape index (κ3) is 22.6. The first kappa shape index (κ1) is 32.1. The molecule has 10 heteroatoms. The van der Waals surface area contributed by atoms with Gasteiger partial charge in [-0.1, -0.05) is 58.3 Å². The predicted octanol–water partition coefficient (Wildman–Crippen LogP) is 4.26. The summed E-state index contributed by atoms with van der Waals surface area (Å²) in [5, 5.41) is 0. The summed E-state index contributed by atoms with van der Waals surface area (Å²) in [5.74, 6) is 0. The van der Waals surface area contributed by atoms with Crippen LogP contribution in [0.15, 0.2) is 0 Å². The van der Waals surface area contributed by atoms with E-state index in [1.54, 1.807) is 21.3 Å². The van der Waals surface area contributed by atoms with Crippen LogP contribution in [0, 0.1) is 0 Å². The lowest BCUT2D eigenvalue weighted by Crippen LogP contribution is -2.45. The maximum atomic E-state index is 8.63. The lowest BCUT2D eigenvalue weighted by molar-refractivity contribution is -0.890. The summed E-state index contributed by atoms with van der Waals surface area (Å²) in [5.41, 5.74) is 0. The predicted molar refractivity (Wildman–Crippen MR) is 122 cm³/mol. The average Bonchev–Trinajstić information content (AvgIpc) is 2.66. The first-order chi connectivity index (χ1) is 13.9. The highest BCUT2D eigenvalue weighted by Gasteiger charge is 2.37. The van der Waals surface area contributed by atoms with Gasteiger partial charge in [-0.15, -0.1) is 0 Å². The Hall–Kier alpha value is -0.0731. The van der Waals surface area contributed by atoms with E-state index in [1.165, 1.54) is 70.8 Å². The van der Waals surface area contributed by atoms with Crippen LogP contribution < -0.4 is 0 Å². The van der Waals surface area contributed by atoms with Crippen molar-refractivity contribution >= 4 is 19.2 Å². The molecule has 0 fully saturated rings. The minimum Gasteiger partial charge on any atom is -0.726 e. The zero-order chi connectivity index (χ0) is 23.5. The highest BCUT2D eigenvalue weighted by atomic mass is 32.3. The molecule has 0 aliphatic carbocycles. The van der Waals surface area contributed by atoms with E-state index in [-0.39, 0.29) is 0 Å². The first-order valence-corrected chi connectivity index (χ1v) is 14.4. The molecule has 0 spiro atoms. The number of rotatable bonds is 18. The molecule has 0 atom stereocenters. The van der Waals surface area contributed by atoms with Crippen molar-refractivity contribution in [3.63, 3.8) is 0 Å². The molecule has 184 valence electrons. The minimum atomic E-state index is -4.92. The van der Waals surface area contributed by atoms with Gasteiger partial charge in [-0.25, -0.2) is 8.42 Å². The van der Waals surface area contributed by atoms with Gasteiger partial charge in [0.2, 0.25) is 10.4 Å². The molecule has 0 saturated carbocycles. The summed E-state index contributed by atoms with van der Waals surface area (Å²) in [6.07, 6.45) is 15.1. The van der Waals surface area contributed by atoms with Crippen molar-refractivity contribution in [2.45, 2.75) is 83.6 Å². The second-order valence-corrected chi connectivity index (χ2v) is 12.3. The Kier molecular flexibility index (Phi) is 19.8. The van der Waals surface area contributed by atoms with E-state index in [9.17, 15) is 0 Å². The summed E-state index contributed by atoms with van der Waals surface area (Å²) in [6.45, 7) is 4.70. The van der Waals surface area contributed by atoms with Crippen molar-refractivity contribution in [1.29, 1.82) is 0 Å². The van der Waals surface area contributed by atoms with Gasteiger partial charge >= 0.3 is 8.80 Å². The van der Waals surface area contributed by atoms with E-state index >= 15 is 0 Å². The van der Waals surface area contributed by atoms with Gasteiger partial charge in [0.25, 0.3) is 0 Å². The molecule has 0 aromatic carbocycles. The normalized spacial score (nSPS) is 12.5. The number of unbranched alkanes of at least 4 members (excludes halogenated alkanes) is 9. The van der Waals surface area contributed by atoms with E-state index < -0.39 is 19.2 Å². The number of quaternary nitrogens is 1. The molecule has 8 nitrogen and oxygen atoms in total. The van der Waals surface area contributed by atoms with Gasteiger partial charge in [0.15, 0.2) is 0 Å². The third-order valence-electron chi connectivity index (χ3n) is 5.30. The lowest BCUT2D eigenvalue weighted by atomic mass is 10.1. The standard InChI is InChI=1S/C20H46NO3Si.H2O4S/c1-7-8-9-10-11-12-13-14-15-16-18-21(2,3)19-17-20-25(22-4,23-5)24-6;1-5(2,3)4/h7-20H2,1-6H3;(H2,1,2,3,4)/q+1;/p-1. The Labute approximate surface area is 186 Å².